The van der Waals surface area contributed by atoms with Crippen LogP contribution in [0.4, 0.5) is 0 Å². The van der Waals surface area contributed by atoms with E-state index >= 15 is 0 Å². The monoisotopic (exact) mass is 192 g/mol. The lowest BCUT2D eigenvalue weighted by molar-refractivity contribution is 0.118. The van der Waals surface area contributed by atoms with Crippen molar-refractivity contribution in [2.24, 2.45) is 0 Å². The molecule has 1 aromatic rings. The second-order valence-electron chi connectivity index (χ2n) is 2.99. The molecule has 1 unspecified atom stereocenters. The fourth-order valence-electron chi connectivity index (χ4n) is 1.36. The van der Waals surface area contributed by atoms with Crippen molar-refractivity contribution in [3.63, 3.8) is 0 Å². The van der Waals surface area contributed by atoms with E-state index in [4.69, 9.17) is 14.2 Å². The molecule has 0 fully saturated rings. The first-order chi connectivity index (χ1) is 6.85. The molecule has 1 aliphatic heterocycles. The van der Waals surface area contributed by atoms with Crippen molar-refractivity contribution >= 4 is 0 Å². The molecule has 0 aromatic heterocycles. The Bertz CT molecular complexity index is 332. The van der Waals surface area contributed by atoms with Crippen LogP contribution in [0.5, 0.6) is 17.2 Å². The van der Waals surface area contributed by atoms with Gasteiger partial charge in [-0.1, -0.05) is 12.6 Å². The maximum atomic E-state index is 5.64. The second-order valence-corrected chi connectivity index (χ2v) is 2.99. The smallest absolute Gasteiger partial charge is 0.204 e. The highest BCUT2D eigenvalue weighted by Crippen LogP contribution is 2.39. The van der Waals surface area contributed by atoms with Crippen LogP contribution in [0, 0.1) is 0 Å². The van der Waals surface area contributed by atoms with Gasteiger partial charge in [-0.2, -0.15) is 0 Å². The molecule has 14 heavy (non-hydrogen) atoms. The average molecular weight is 192 g/mol. The van der Waals surface area contributed by atoms with Crippen molar-refractivity contribution in [3.05, 3.63) is 30.9 Å². The Kier molecular flexibility index (Phi) is 2.31. The van der Waals surface area contributed by atoms with Crippen molar-refractivity contribution in [2.75, 3.05) is 13.7 Å². The van der Waals surface area contributed by atoms with E-state index in [1.807, 2.05) is 18.2 Å². The number of hydrogen-bond acceptors (Lipinski definition) is 3. The van der Waals surface area contributed by atoms with Crippen molar-refractivity contribution < 1.29 is 14.2 Å². The lowest BCUT2D eigenvalue weighted by Crippen LogP contribution is -2.26. The van der Waals surface area contributed by atoms with Crippen LogP contribution in [0.1, 0.15) is 0 Å². The van der Waals surface area contributed by atoms with Gasteiger partial charge in [0.2, 0.25) is 5.75 Å². The van der Waals surface area contributed by atoms with Crippen LogP contribution in [0.2, 0.25) is 0 Å². The largest absolute Gasteiger partial charge is 0.493 e. The molecule has 0 saturated carbocycles. The van der Waals surface area contributed by atoms with E-state index in [1.54, 1.807) is 13.2 Å². The highest BCUT2D eigenvalue weighted by atomic mass is 16.6. The normalized spacial score (nSPS) is 18.8. The molecule has 74 valence electrons. The Morgan fingerprint density at radius 3 is 3.14 bits per heavy atom. The molecule has 1 aromatic carbocycles. The first kappa shape index (κ1) is 8.94. The van der Waals surface area contributed by atoms with Crippen LogP contribution in [-0.4, -0.2) is 19.8 Å². The maximum absolute atomic E-state index is 5.64. The molecule has 3 nitrogen and oxygen atoms in total. The Balaban J connectivity index is 2.37. The van der Waals surface area contributed by atoms with Gasteiger partial charge in [-0.15, -0.1) is 0 Å². The summed E-state index contributed by atoms with van der Waals surface area (Å²) in [6, 6.07) is 5.57. The summed E-state index contributed by atoms with van der Waals surface area (Å²) in [5.74, 6) is 2.07. The first-order valence-electron chi connectivity index (χ1n) is 4.44. The Morgan fingerprint density at radius 1 is 1.57 bits per heavy atom. The molecule has 1 heterocycles. The molecule has 0 saturated heterocycles. The molecule has 0 aliphatic carbocycles. The van der Waals surface area contributed by atoms with E-state index in [0.717, 1.165) is 5.75 Å². The van der Waals surface area contributed by atoms with Crippen molar-refractivity contribution in [2.45, 2.75) is 6.10 Å². The lowest BCUT2D eigenvalue weighted by Gasteiger charge is -2.25. The summed E-state index contributed by atoms with van der Waals surface area (Å²) >= 11 is 0. The molecule has 0 bridgehead atoms. The van der Waals surface area contributed by atoms with Gasteiger partial charge in [-0.3, -0.25) is 0 Å². The maximum Gasteiger partial charge on any atom is 0.204 e. The van der Waals surface area contributed by atoms with Crippen molar-refractivity contribution in [3.8, 4) is 17.2 Å². The van der Waals surface area contributed by atoms with Gasteiger partial charge in [-0.25, -0.2) is 0 Å². The Hall–Kier alpha value is -1.64. The highest BCUT2D eigenvalue weighted by molar-refractivity contribution is 5.52. The summed E-state index contributed by atoms with van der Waals surface area (Å²) in [4.78, 5) is 0. The van der Waals surface area contributed by atoms with Crippen LogP contribution in [0.3, 0.4) is 0 Å². The number of fused-ring (bicyclic) bond motifs is 1. The molecule has 1 aliphatic rings. The lowest BCUT2D eigenvalue weighted by atomic mass is 10.2. The summed E-state index contributed by atoms with van der Waals surface area (Å²) in [7, 11) is 1.61. The van der Waals surface area contributed by atoms with Crippen LogP contribution in [0.25, 0.3) is 0 Å². The van der Waals surface area contributed by atoms with Crippen LogP contribution in [-0.2, 0) is 0 Å². The first-order valence-corrected chi connectivity index (χ1v) is 4.44. The molecule has 3 heteroatoms. The highest BCUT2D eigenvalue weighted by Gasteiger charge is 2.21. The van der Waals surface area contributed by atoms with E-state index in [2.05, 4.69) is 6.58 Å². The van der Waals surface area contributed by atoms with Gasteiger partial charge in [0, 0.05) is 0 Å². The third-order valence-electron chi connectivity index (χ3n) is 2.10. The average Bonchev–Trinajstić information content (AvgIpc) is 2.27. The fraction of sp³-hybridized carbons (Fsp3) is 0.273. The zero-order valence-electron chi connectivity index (χ0n) is 8.03. The number of ether oxygens (including phenoxy) is 3. The minimum Gasteiger partial charge on any atom is -0.493 e. The number of rotatable bonds is 2. The Morgan fingerprint density at radius 2 is 2.43 bits per heavy atom. The summed E-state index contributed by atoms with van der Waals surface area (Å²) in [6.07, 6.45) is 1.62. The van der Waals surface area contributed by atoms with E-state index in [1.165, 1.54) is 0 Å². The predicted octanol–water partition coefficient (Wildman–Crippen LogP) is 2.02. The summed E-state index contributed by atoms with van der Waals surface area (Å²) in [5, 5.41) is 0. The molecule has 0 radical (unpaired) electrons. The Labute approximate surface area is 82.9 Å². The zero-order chi connectivity index (χ0) is 9.97. The SMILES string of the molecule is C=CC1COc2cccc(OC)c2O1. The third-order valence-corrected chi connectivity index (χ3v) is 2.10. The number of para-hydroxylation sites is 1. The number of methoxy groups -OCH3 is 1. The van der Waals surface area contributed by atoms with Crippen LogP contribution < -0.4 is 14.2 Å². The molecular formula is C11H12O3. The topological polar surface area (TPSA) is 27.7 Å². The number of hydrogen-bond donors (Lipinski definition) is 0. The van der Waals surface area contributed by atoms with Crippen molar-refractivity contribution in [1.82, 2.24) is 0 Å². The predicted molar refractivity (Wildman–Crippen MR) is 53.1 cm³/mol. The zero-order valence-corrected chi connectivity index (χ0v) is 8.03. The summed E-state index contributed by atoms with van der Waals surface area (Å²) in [6.45, 7) is 4.17. The van der Waals surface area contributed by atoms with Crippen LogP contribution >= 0.6 is 0 Å². The molecule has 0 spiro atoms. The molecule has 1 atom stereocenters. The third kappa shape index (κ3) is 1.41. The van der Waals surface area contributed by atoms with Gasteiger partial charge in [0.15, 0.2) is 17.6 Å². The molecule has 0 amide bonds. The van der Waals surface area contributed by atoms with Gasteiger partial charge < -0.3 is 14.2 Å². The fourth-order valence-corrected chi connectivity index (χ4v) is 1.36. The molecular weight excluding hydrogens is 180 g/mol. The van der Waals surface area contributed by atoms with Gasteiger partial charge in [0.25, 0.3) is 0 Å². The van der Waals surface area contributed by atoms with Gasteiger partial charge in [0.05, 0.1) is 7.11 Å². The summed E-state index contributed by atoms with van der Waals surface area (Å²) in [5.41, 5.74) is 0. The number of benzene rings is 1. The van der Waals surface area contributed by atoms with Gasteiger partial charge >= 0.3 is 0 Å². The quantitative estimate of drug-likeness (QED) is 0.671. The molecule has 0 N–H and O–H groups in total. The second kappa shape index (κ2) is 3.62. The van der Waals surface area contributed by atoms with E-state index in [-0.39, 0.29) is 6.10 Å². The van der Waals surface area contributed by atoms with E-state index in [9.17, 15) is 0 Å². The van der Waals surface area contributed by atoms with Gasteiger partial charge in [0.1, 0.15) is 6.61 Å². The van der Waals surface area contributed by atoms with Gasteiger partial charge in [-0.05, 0) is 18.2 Å². The minimum absolute atomic E-state index is 0.0983. The van der Waals surface area contributed by atoms with Crippen LogP contribution in [0.15, 0.2) is 30.9 Å². The van der Waals surface area contributed by atoms with E-state index in [0.29, 0.717) is 18.1 Å². The van der Waals surface area contributed by atoms with E-state index < -0.39 is 0 Å². The standard InChI is InChI=1S/C11H12O3/c1-3-8-7-13-10-6-4-5-9(12-2)11(10)14-8/h3-6,8H,1,7H2,2H3. The van der Waals surface area contributed by atoms with Crippen molar-refractivity contribution in [1.29, 1.82) is 0 Å². The minimum atomic E-state index is -0.0983. The summed E-state index contributed by atoms with van der Waals surface area (Å²) < 4.78 is 16.3. The molecule has 2 rings (SSSR count).